The molecule has 0 amide bonds. The predicted octanol–water partition coefficient (Wildman–Crippen LogP) is 5.74. The van der Waals surface area contributed by atoms with Gasteiger partial charge in [-0.25, -0.2) is 4.98 Å². The largest absolute Gasteiger partial charge is 0.494 e. The van der Waals surface area contributed by atoms with Crippen molar-refractivity contribution in [1.29, 1.82) is 0 Å². The van der Waals surface area contributed by atoms with E-state index in [4.69, 9.17) is 26.8 Å². The summed E-state index contributed by atoms with van der Waals surface area (Å²) in [6.45, 7) is 4.75. The van der Waals surface area contributed by atoms with Gasteiger partial charge in [0.2, 0.25) is 5.88 Å². The first-order valence-electron chi connectivity index (χ1n) is 9.11. The molecule has 1 aromatic heterocycles. The molecule has 0 atom stereocenters. The van der Waals surface area contributed by atoms with E-state index in [-0.39, 0.29) is 5.88 Å². The van der Waals surface area contributed by atoms with E-state index in [1.54, 1.807) is 12.1 Å². The average Bonchev–Trinajstić information content (AvgIpc) is 2.69. The maximum absolute atomic E-state index is 6.19. The van der Waals surface area contributed by atoms with E-state index in [0.717, 1.165) is 29.8 Å². The van der Waals surface area contributed by atoms with Gasteiger partial charge in [0.1, 0.15) is 23.5 Å². The summed E-state index contributed by atoms with van der Waals surface area (Å²) in [4.78, 5) is 8.34. The third kappa shape index (κ3) is 5.04. The molecule has 0 saturated carbocycles. The Bertz CT molecular complexity index is 932. The zero-order valence-electron chi connectivity index (χ0n) is 15.9. The van der Waals surface area contributed by atoms with Crippen LogP contribution in [0.5, 0.6) is 17.4 Å². The van der Waals surface area contributed by atoms with Gasteiger partial charge < -0.3 is 20.5 Å². The van der Waals surface area contributed by atoms with Gasteiger partial charge in [-0.1, -0.05) is 24.9 Å². The van der Waals surface area contributed by atoms with Crippen LogP contribution in [0.4, 0.5) is 17.2 Å². The fraction of sp³-hybridized carbons (Fsp3) is 0.238. The van der Waals surface area contributed by atoms with Crippen LogP contribution in [0.15, 0.2) is 48.8 Å². The molecular weight excluding hydrogens is 376 g/mol. The molecule has 0 bridgehead atoms. The monoisotopic (exact) mass is 398 g/mol. The number of benzene rings is 2. The van der Waals surface area contributed by atoms with Gasteiger partial charge in [-0.3, -0.25) is 0 Å². The summed E-state index contributed by atoms with van der Waals surface area (Å²) >= 11 is 6.05. The predicted molar refractivity (Wildman–Crippen MR) is 113 cm³/mol. The second kappa shape index (κ2) is 9.28. The van der Waals surface area contributed by atoms with Crippen molar-refractivity contribution in [2.45, 2.75) is 26.7 Å². The quantitative estimate of drug-likeness (QED) is 0.471. The van der Waals surface area contributed by atoms with Crippen molar-refractivity contribution in [1.82, 2.24) is 9.97 Å². The molecule has 28 heavy (non-hydrogen) atoms. The number of aryl methyl sites for hydroxylation is 1. The molecule has 2 aromatic carbocycles. The molecule has 7 heteroatoms. The van der Waals surface area contributed by atoms with Crippen LogP contribution in [0.1, 0.15) is 25.3 Å². The second-order valence-electron chi connectivity index (χ2n) is 6.31. The molecule has 146 valence electrons. The second-order valence-corrected chi connectivity index (χ2v) is 6.71. The average molecular weight is 399 g/mol. The molecule has 0 unspecified atom stereocenters. The number of ether oxygens (including phenoxy) is 2. The third-order valence-electron chi connectivity index (χ3n) is 4.07. The first-order chi connectivity index (χ1) is 13.6. The summed E-state index contributed by atoms with van der Waals surface area (Å²) < 4.78 is 11.5. The summed E-state index contributed by atoms with van der Waals surface area (Å²) in [7, 11) is 0. The Morgan fingerprint density at radius 2 is 1.82 bits per heavy atom. The maximum atomic E-state index is 6.19. The Morgan fingerprint density at radius 1 is 1.07 bits per heavy atom. The van der Waals surface area contributed by atoms with Gasteiger partial charge in [0.25, 0.3) is 0 Å². The first kappa shape index (κ1) is 19.8. The Balaban J connectivity index is 1.71. The molecule has 0 aliphatic carbocycles. The molecule has 3 rings (SSSR count). The van der Waals surface area contributed by atoms with E-state index < -0.39 is 0 Å². The summed E-state index contributed by atoms with van der Waals surface area (Å²) in [5.41, 5.74) is 8.26. The molecule has 3 N–H and O–H groups in total. The summed E-state index contributed by atoms with van der Waals surface area (Å²) in [5.74, 6) is 2.18. The van der Waals surface area contributed by atoms with E-state index in [1.165, 1.54) is 6.33 Å². The van der Waals surface area contributed by atoms with Crippen LogP contribution in [0, 0.1) is 6.92 Å². The number of hydrogen-bond acceptors (Lipinski definition) is 6. The standard InChI is InChI=1S/C21H23ClN4O2/c1-3-4-11-27-16-7-5-15(6-8-16)26-20-19(23)21(25-13-24-20)28-17-9-10-18(22)14(2)12-17/h5-10,12-13H,3-4,11,23H2,1-2H3,(H,24,25,26). The molecule has 6 nitrogen and oxygen atoms in total. The summed E-state index contributed by atoms with van der Waals surface area (Å²) in [6, 6.07) is 13.0. The Kier molecular flexibility index (Phi) is 6.55. The number of nitrogens with two attached hydrogens (primary N) is 1. The minimum absolute atomic E-state index is 0.277. The van der Waals surface area contributed by atoms with Crippen molar-refractivity contribution in [3.8, 4) is 17.4 Å². The number of aromatic nitrogens is 2. The van der Waals surface area contributed by atoms with Gasteiger partial charge in [0.15, 0.2) is 5.82 Å². The minimum Gasteiger partial charge on any atom is -0.494 e. The number of hydrogen-bond donors (Lipinski definition) is 2. The van der Waals surface area contributed by atoms with Gasteiger partial charge in [0.05, 0.1) is 6.61 Å². The lowest BCUT2D eigenvalue weighted by molar-refractivity contribution is 0.309. The highest BCUT2D eigenvalue weighted by molar-refractivity contribution is 6.31. The molecule has 0 spiro atoms. The van der Waals surface area contributed by atoms with E-state index in [2.05, 4.69) is 22.2 Å². The number of halogens is 1. The fourth-order valence-corrected chi connectivity index (χ4v) is 2.58. The summed E-state index contributed by atoms with van der Waals surface area (Å²) in [6.07, 6.45) is 3.54. The number of unbranched alkanes of at least 4 members (excludes halogenated alkanes) is 1. The Morgan fingerprint density at radius 3 is 2.54 bits per heavy atom. The number of nitrogen functional groups attached to an aromatic ring is 1. The van der Waals surface area contributed by atoms with Gasteiger partial charge in [0, 0.05) is 10.7 Å². The van der Waals surface area contributed by atoms with Crippen LogP contribution >= 0.6 is 11.6 Å². The van der Waals surface area contributed by atoms with Crippen molar-refractivity contribution < 1.29 is 9.47 Å². The molecule has 0 aliphatic rings. The van der Waals surface area contributed by atoms with Crippen molar-refractivity contribution in [2.75, 3.05) is 17.7 Å². The summed E-state index contributed by atoms with van der Waals surface area (Å²) in [5, 5.41) is 3.85. The highest BCUT2D eigenvalue weighted by Gasteiger charge is 2.11. The lowest BCUT2D eigenvalue weighted by atomic mass is 10.2. The van der Waals surface area contributed by atoms with E-state index >= 15 is 0 Å². The Hall–Kier alpha value is -2.99. The fourth-order valence-electron chi connectivity index (χ4n) is 2.46. The Labute approximate surface area is 169 Å². The lowest BCUT2D eigenvalue weighted by Crippen LogP contribution is -2.03. The van der Waals surface area contributed by atoms with Crippen LogP contribution in [0.3, 0.4) is 0 Å². The molecule has 0 radical (unpaired) electrons. The minimum atomic E-state index is 0.277. The van der Waals surface area contributed by atoms with Gasteiger partial charge in [-0.05, 0) is 61.4 Å². The highest BCUT2D eigenvalue weighted by Crippen LogP contribution is 2.32. The van der Waals surface area contributed by atoms with Gasteiger partial charge in [-0.2, -0.15) is 4.98 Å². The van der Waals surface area contributed by atoms with E-state index in [9.17, 15) is 0 Å². The van der Waals surface area contributed by atoms with Crippen molar-refractivity contribution >= 4 is 28.8 Å². The highest BCUT2D eigenvalue weighted by atomic mass is 35.5. The maximum Gasteiger partial charge on any atom is 0.248 e. The zero-order valence-corrected chi connectivity index (χ0v) is 16.7. The molecular formula is C21H23ClN4O2. The topological polar surface area (TPSA) is 82.3 Å². The molecule has 0 saturated heterocycles. The number of nitrogens with zero attached hydrogens (tertiary/aromatic N) is 2. The SMILES string of the molecule is CCCCOc1ccc(Nc2ncnc(Oc3ccc(Cl)c(C)c3)c2N)cc1. The molecule has 3 aromatic rings. The first-order valence-corrected chi connectivity index (χ1v) is 9.49. The van der Waals surface area contributed by atoms with E-state index in [0.29, 0.717) is 28.9 Å². The van der Waals surface area contributed by atoms with Crippen LogP contribution in [-0.4, -0.2) is 16.6 Å². The molecule has 0 fully saturated rings. The van der Waals surface area contributed by atoms with Crippen LogP contribution < -0.4 is 20.5 Å². The number of nitrogens with one attached hydrogen (secondary N) is 1. The van der Waals surface area contributed by atoms with Gasteiger partial charge >= 0.3 is 0 Å². The zero-order chi connectivity index (χ0) is 19.9. The van der Waals surface area contributed by atoms with Crippen molar-refractivity contribution in [2.24, 2.45) is 0 Å². The smallest absolute Gasteiger partial charge is 0.248 e. The van der Waals surface area contributed by atoms with Crippen LogP contribution in [0.25, 0.3) is 0 Å². The van der Waals surface area contributed by atoms with Crippen molar-refractivity contribution in [3.05, 3.63) is 59.4 Å². The molecule has 1 heterocycles. The number of anilines is 3. The van der Waals surface area contributed by atoms with Gasteiger partial charge in [-0.15, -0.1) is 0 Å². The number of rotatable bonds is 8. The normalized spacial score (nSPS) is 10.5. The molecule has 0 aliphatic heterocycles. The lowest BCUT2D eigenvalue weighted by Gasteiger charge is -2.13. The van der Waals surface area contributed by atoms with E-state index in [1.807, 2.05) is 37.3 Å². The van der Waals surface area contributed by atoms with Crippen molar-refractivity contribution in [3.63, 3.8) is 0 Å². The van der Waals surface area contributed by atoms with Crippen LogP contribution in [-0.2, 0) is 0 Å². The van der Waals surface area contributed by atoms with Crippen LogP contribution in [0.2, 0.25) is 5.02 Å². The third-order valence-corrected chi connectivity index (χ3v) is 4.50.